The van der Waals surface area contributed by atoms with Gasteiger partial charge >= 0.3 is 0 Å². The van der Waals surface area contributed by atoms with Crippen molar-refractivity contribution in [3.05, 3.63) is 47.6 Å². The zero-order valence-electron chi connectivity index (χ0n) is 13.2. The molecule has 1 fully saturated rings. The third kappa shape index (κ3) is 3.88. The minimum Gasteiger partial charge on any atom is -0.349 e. The number of carbonyl (C=O) groups excluding carboxylic acids is 1. The van der Waals surface area contributed by atoms with Crippen LogP contribution in [0, 0.1) is 0 Å². The van der Waals surface area contributed by atoms with Gasteiger partial charge in [0, 0.05) is 31.9 Å². The van der Waals surface area contributed by atoms with Crippen molar-refractivity contribution < 1.29 is 4.79 Å². The number of carbonyl (C=O) groups is 1. The highest BCUT2D eigenvalue weighted by molar-refractivity contribution is 9.10. The topological polar surface area (TPSA) is 75.9 Å². The summed E-state index contributed by atoms with van der Waals surface area (Å²) < 4.78 is 2.40. The van der Waals surface area contributed by atoms with E-state index in [1.165, 1.54) is 0 Å². The summed E-state index contributed by atoms with van der Waals surface area (Å²) in [6, 6.07) is 1.97. The van der Waals surface area contributed by atoms with Crippen LogP contribution in [0.2, 0.25) is 0 Å². The Hall–Kier alpha value is -2.06. The average Bonchev–Trinajstić information content (AvgIpc) is 3.11. The largest absolute Gasteiger partial charge is 0.349 e. The van der Waals surface area contributed by atoms with E-state index in [0.29, 0.717) is 11.4 Å². The van der Waals surface area contributed by atoms with Crippen LogP contribution in [0.5, 0.6) is 0 Å². The zero-order valence-corrected chi connectivity index (χ0v) is 14.8. The number of likely N-dealkylation sites (tertiary alicyclic amines) is 1. The Balaban J connectivity index is 1.62. The second-order valence-corrected chi connectivity index (χ2v) is 6.59. The van der Waals surface area contributed by atoms with Gasteiger partial charge in [-0.15, -0.1) is 16.8 Å². The molecule has 24 heavy (non-hydrogen) atoms. The van der Waals surface area contributed by atoms with Gasteiger partial charge in [0.1, 0.15) is 12.7 Å². The quantitative estimate of drug-likeness (QED) is 0.787. The number of nitrogens with one attached hydrogen (secondary N) is 1. The van der Waals surface area contributed by atoms with Crippen LogP contribution in [0.1, 0.15) is 23.2 Å². The van der Waals surface area contributed by atoms with Gasteiger partial charge in [-0.2, -0.15) is 0 Å². The number of amides is 1. The molecule has 3 heterocycles. The van der Waals surface area contributed by atoms with E-state index in [0.717, 1.165) is 36.9 Å². The highest BCUT2D eigenvalue weighted by Gasteiger charge is 2.21. The van der Waals surface area contributed by atoms with Gasteiger partial charge in [0.05, 0.1) is 10.0 Å². The highest BCUT2D eigenvalue weighted by atomic mass is 79.9. The van der Waals surface area contributed by atoms with Gasteiger partial charge in [-0.3, -0.25) is 14.3 Å². The molecule has 1 saturated heterocycles. The lowest BCUT2D eigenvalue weighted by molar-refractivity contribution is 0.0913. The smallest absolute Gasteiger partial charge is 0.253 e. The second-order valence-electron chi connectivity index (χ2n) is 5.74. The fraction of sp³-hybridized carbons (Fsp3) is 0.375. The fourth-order valence-electron chi connectivity index (χ4n) is 2.77. The lowest BCUT2D eigenvalue weighted by atomic mass is 10.0. The molecule has 1 aliphatic heterocycles. The zero-order chi connectivity index (χ0) is 16.9. The Labute approximate surface area is 148 Å². The maximum atomic E-state index is 12.4. The standard InChI is InChI=1S/C16H19BrN6O/c1-2-5-22-6-3-13(4-7-22)21-16(24)12-8-14(17)15(18-9-12)23-10-19-20-11-23/h2,8-11,13H,1,3-7H2,(H,21,24). The first kappa shape index (κ1) is 16.8. The molecular weight excluding hydrogens is 372 g/mol. The van der Waals surface area contributed by atoms with Crippen LogP contribution in [0.3, 0.4) is 0 Å². The molecule has 2 aromatic heterocycles. The minimum absolute atomic E-state index is 0.0966. The number of nitrogens with zero attached hydrogens (tertiary/aromatic N) is 5. The van der Waals surface area contributed by atoms with Crippen molar-refractivity contribution in [3.8, 4) is 5.82 Å². The molecule has 0 unspecified atom stereocenters. The SMILES string of the molecule is C=CCN1CCC(NC(=O)c2cnc(-n3cnnc3)c(Br)c2)CC1. The van der Waals surface area contributed by atoms with Crippen LogP contribution in [0.25, 0.3) is 5.82 Å². The van der Waals surface area contributed by atoms with E-state index >= 15 is 0 Å². The van der Waals surface area contributed by atoms with E-state index in [-0.39, 0.29) is 11.9 Å². The van der Waals surface area contributed by atoms with E-state index in [9.17, 15) is 4.79 Å². The average molecular weight is 391 g/mol. The van der Waals surface area contributed by atoms with Crippen LogP contribution >= 0.6 is 15.9 Å². The molecule has 0 saturated carbocycles. The molecule has 2 aromatic rings. The molecule has 0 radical (unpaired) electrons. The van der Waals surface area contributed by atoms with Gasteiger partial charge in [-0.25, -0.2) is 4.98 Å². The van der Waals surface area contributed by atoms with Gasteiger partial charge in [-0.05, 0) is 34.8 Å². The molecule has 7 nitrogen and oxygen atoms in total. The molecule has 1 aliphatic rings. The third-order valence-corrected chi connectivity index (χ3v) is 4.64. The summed E-state index contributed by atoms with van der Waals surface area (Å²) in [4.78, 5) is 19.1. The Bertz CT molecular complexity index is 709. The highest BCUT2D eigenvalue weighted by Crippen LogP contribution is 2.20. The normalized spacial score (nSPS) is 16.0. The first-order valence-electron chi connectivity index (χ1n) is 7.82. The minimum atomic E-state index is -0.0966. The molecule has 0 aromatic carbocycles. The summed E-state index contributed by atoms with van der Waals surface area (Å²) in [7, 11) is 0. The Morgan fingerprint density at radius 1 is 1.38 bits per heavy atom. The Morgan fingerprint density at radius 2 is 2.08 bits per heavy atom. The number of hydrogen-bond acceptors (Lipinski definition) is 5. The molecule has 8 heteroatoms. The van der Waals surface area contributed by atoms with E-state index < -0.39 is 0 Å². The van der Waals surface area contributed by atoms with Gasteiger partial charge in [0.25, 0.3) is 5.91 Å². The number of aromatic nitrogens is 4. The summed E-state index contributed by atoms with van der Waals surface area (Å²) in [5, 5.41) is 10.6. The van der Waals surface area contributed by atoms with Crippen molar-refractivity contribution in [1.82, 2.24) is 30.0 Å². The van der Waals surface area contributed by atoms with Crippen LogP contribution in [0.15, 0.2) is 42.0 Å². The van der Waals surface area contributed by atoms with Crippen LogP contribution in [-0.2, 0) is 0 Å². The van der Waals surface area contributed by atoms with E-state index in [4.69, 9.17) is 0 Å². The number of piperidine rings is 1. The summed E-state index contributed by atoms with van der Waals surface area (Å²) in [6.45, 7) is 6.62. The van der Waals surface area contributed by atoms with Crippen molar-refractivity contribution in [2.75, 3.05) is 19.6 Å². The van der Waals surface area contributed by atoms with E-state index in [1.807, 2.05) is 6.08 Å². The van der Waals surface area contributed by atoms with Crippen molar-refractivity contribution in [2.24, 2.45) is 0 Å². The van der Waals surface area contributed by atoms with Crippen molar-refractivity contribution >= 4 is 21.8 Å². The van der Waals surface area contributed by atoms with E-state index in [1.54, 1.807) is 29.5 Å². The van der Waals surface area contributed by atoms with Crippen LogP contribution in [-0.4, -0.2) is 56.2 Å². The molecular formula is C16H19BrN6O. The van der Waals surface area contributed by atoms with Crippen molar-refractivity contribution in [3.63, 3.8) is 0 Å². The number of halogens is 1. The molecule has 0 bridgehead atoms. The Morgan fingerprint density at radius 3 is 2.71 bits per heavy atom. The van der Waals surface area contributed by atoms with Gasteiger partial charge < -0.3 is 5.32 Å². The molecule has 0 spiro atoms. The third-order valence-electron chi connectivity index (χ3n) is 4.06. The summed E-state index contributed by atoms with van der Waals surface area (Å²) in [5.74, 6) is 0.551. The molecule has 126 valence electrons. The van der Waals surface area contributed by atoms with Gasteiger partial charge in [0.15, 0.2) is 5.82 Å². The van der Waals surface area contributed by atoms with Crippen LogP contribution in [0.4, 0.5) is 0 Å². The maximum absolute atomic E-state index is 12.4. The number of hydrogen-bond donors (Lipinski definition) is 1. The predicted molar refractivity (Wildman–Crippen MR) is 94.0 cm³/mol. The molecule has 1 amide bonds. The number of pyridine rings is 1. The van der Waals surface area contributed by atoms with E-state index in [2.05, 4.69) is 47.9 Å². The maximum Gasteiger partial charge on any atom is 0.253 e. The molecule has 0 aliphatic carbocycles. The molecule has 3 rings (SSSR count). The van der Waals surface area contributed by atoms with Crippen molar-refractivity contribution in [1.29, 1.82) is 0 Å². The molecule has 1 N–H and O–H groups in total. The van der Waals surface area contributed by atoms with Gasteiger partial charge in [0.2, 0.25) is 0 Å². The first-order chi connectivity index (χ1) is 11.7. The monoisotopic (exact) mass is 390 g/mol. The fourth-order valence-corrected chi connectivity index (χ4v) is 3.32. The second kappa shape index (κ2) is 7.67. The first-order valence-corrected chi connectivity index (χ1v) is 8.61. The van der Waals surface area contributed by atoms with Crippen LogP contribution < -0.4 is 5.32 Å². The van der Waals surface area contributed by atoms with Crippen molar-refractivity contribution in [2.45, 2.75) is 18.9 Å². The molecule has 0 atom stereocenters. The lowest BCUT2D eigenvalue weighted by Gasteiger charge is -2.31. The summed E-state index contributed by atoms with van der Waals surface area (Å²) in [5.41, 5.74) is 0.534. The van der Waals surface area contributed by atoms with Gasteiger partial charge in [-0.1, -0.05) is 6.08 Å². The number of rotatable bonds is 5. The lowest BCUT2D eigenvalue weighted by Crippen LogP contribution is -2.44. The summed E-state index contributed by atoms with van der Waals surface area (Å²) in [6.07, 6.45) is 8.51. The Kier molecular flexibility index (Phi) is 5.37. The predicted octanol–water partition coefficient (Wildman–Crippen LogP) is 1.80. The summed E-state index contributed by atoms with van der Waals surface area (Å²) >= 11 is 3.45.